The molecule has 0 saturated carbocycles. The van der Waals surface area contributed by atoms with Gasteiger partial charge in [0.1, 0.15) is 0 Å². The van der Waals surface area contributed by atoms with Gasteiger partial charge in [-0.3, -0.25) is 0 Å². The number of rotatable bonds is 6. The molecule has 3 aromatic carbocycles. The number of halogens is 1. The van der Waals surface area contributed by atoms with E-state index < -0.39 is 0 Å². The molecule has 0 aliphatic heterocycles. The Morgan fingerprint density at radius 1 is 0.913 bits per heavy atom. The molecule has 0 bridgehead atoms. The molecular weight excluding hydrogens is 302 g/mol. The summed E-state index contributed by atoms with van der Waals surface area (Å²) in [5.74, 6) is 0. The second kappa shape index (κ2) is 7.63. The smallest absolute Gasteiger partial charge is 0.0437 e. The number of fused-ring (bicyclic) bond motifs is 1. The van der Waals surface area contributed by atoms with Crippen molar-refractivity contribution in [1.29, 1.82) is 0 Å². The summed E-state index contributed by atoms with van der Waals surface area (Å²) in [6, 6.07) is 23.5. The summed E-state index contributed by atoms with van der Waals surface area (Å²) < 4.78 is 0. The zero-order valence-electron chi connectivity index (χ0n) is 13.4. The summed E-state index contributed by atoms with van der Waals surface area (Å²) in [4.78, 5) is 0. The van der Waals surface area contributed by atoms with E-state index in [0.717, 1.165) is 24.4 Å². The average molecular weight is 324 g/mol. The molecule has 1 unspecified atom stereocenters. The minimum atomic E-state index is 0.340. The number of aryl methyl sites for hydroxylation is 1. The van der Waals surface area contributed by atoms with Gasteiger partial charge >= 0.3 is 0 Å². The van der Waals surface area contributed by atoms with Crippen LogP contribution in [0.3, 0.4) is 0 Å². The highest BCUT2D eigenvalue weighted by Gasteiger charge is 2.08. The van der Waals surface area contributed by atoms with Crippen molar-refractivity contribution in [3.63, 3.8) is 0 Å². The Hall–Kier alpha value is -1.83. The van der Waals surface area contributed by atoms with Crippen molar-refractivity contribution >= 4 is 22.4 Å². The van der Waals surface area contributed by atoms with Gasteiger partial charge in [0.15, 0.2) is 0 Å². The minimum Gasteiger partial charge on any atom is -0.310 e. The molecule has 0 fully saturated rings. The number of hydrogen-bond donors (Lipinski definition) is 1. The van der Waals surface area contributed by atoms with Crippen LogP contribution < -0.4 is 5.32 Å². The van der Waals surface area contributed by atoms with Crippen LogP contribution in [0, 0.1) is 0 Å². The Morgan fingerprint density at radius 2 is 1.65 bits per heavy atom. The topological polar surface area (TPSA) is 12.0 Å². The second-order valence-electron chi connectivity index (χ2n) is 5.94. The minimum absolute atomic E-state index is 0.340. The Morgan fingerprint density at radius 3 is 2.52 bits per heavy atom. The lowest BCUT2D eigenvalue weighted by Gasteiger charge is -2.16. The first-order valence-electron chi connectivity index (χ1n) is 8.20. The molecule has 118 valence electrons. The maximum atomic E-state index is 6.21. The zero-order valence-corrected chi connectivity index (χ0v) is 14.2. The quantitative estimate of drug-likeness (QED) is 0.567. The van der Waals surface area contributed by atoms with E-state index in [1.807, 2.05) is 18.2 Å². The van der Waals surface area contributed by atoms with Gasteiger partial charge in [-0.05, 0) is 54.3 Å². The summed E-state index contributed by atoms with van der Waals surface area (Å²) in [6.07, 6.45) is 2.09. The SMILES string of the molecule is CC(NCCCc1ccccc1Cl)c1cccc2ccccc12. The van der Waals surface area contributed by atoms with Gasteiger partial charge in [-0.25, -0.2) is 0 Å². The van der Waals surface area contributed by atoms with Crippen molar-refractivity contribution in [1.82, 2.24) is 5.32 Å². The third kappa shape index (κ3) is 3.93. The molecule has 1 N–H and O–H groups in total. The lowest BCUT2D eigenvalue weighted by atomic mass is 9.99. The zero-order chi connectivity index (χ0) is 16.1. The molecule has 0 heterocycles. The highest BCUT2D eigenvalue weighted by atomic mass is 35.5. The summed E-state index contributed by atoms with van der Waals surface area (Å²) in [6.45, 7) is 3.22. The summed E-state index contributed by atoms with van der Waals surface area (Å²) in [7, 11) is 0. The van der Waals surface area contributed by atoms with Crippen molar-refractivity contribution in [2.24, 2.45) is 0 Å². The number of benzene rings is 3. The predicted molar refractivity (Wildman–Crippen MR) is 100 cm³/mol. The molecule has 0 saturated heterocycles. The van der Waals surface area contributed by atoms with Crippen LogP contribution in [-0.2, 0) is 6.42 Å². The van der Waals surface area contributed by atoms with E-state index in [1.165, 1.54) is 21.9 Å². The Kier molecular flexibility index (Phi) is 5.32. The fourth-order valence-corrected chi connectivity index (χ4v) is 3.27. The molecule has 0 aliphatic carbocycles. The molecular formula is C21H22ClN. The first-order valence-corrected chi connectivity index (χ1v) is 8.58. The molecule has 3 rings (SSSR count). The lowest BCUT2D eigenvalue weighted by molar-refractivity contribution is 0.561. The van der Waals surface area contributed by atoms with E-state index in [-0.39, 0.29) is 0 Å². The van der Waals surface area contributed by atoms with Crippen molar-refractivity contribution in [2.75, 3.05) is 6.54 Å². The normalized spacial score (nSPS) is 12.4. The van der Waals surface area contributed by atoms with Crippen LogP contribution in [0.15, 0.2) is 66.7 Å². The molecule has 1 atom stereocenters. The molecule has 0 aromatic heterocycles. The number of hydrogen-bond acceptors (Lipinski definition) is 1. The third-order valence-electron chi connectivity index (χ3n) is 4.32. The first-order chi connectivity index (χ1) is 11.3. The van der Waals surface area contributed by atoms with Gasteiger partial charge in [-0.1, -0.05) is 72.3 Å². The fraction of sp³-hybridized carbons (Fsp3) is 0.238. The van der Waals surface area contributed by atoms with Crippen LogP contribution in [0.25, 0.3) is 10.8 Å². The van der Waals surface area contributed by atoms with Gasteiger partial charge in [0.2, 0.25) is 0 Å². The molecule has 23 heavy (non-hydrogen) atoms. The Bertz CT molecular complexity index is 776. The van der Waals surface area contributed by atoms with E-state index in [1.54, 1.807) is 0 Å². The number of nitrogens with one attached hydrogen (secondary N) is 1. The standard InChI is InChI=1S/C21H22ClN/c1-16(19-13-6-10-17-8-2-4-12-20(17)19)23-15-7-11-18-9-3-5-14-21(18)22/h2-6,8-10,12-14,16,23H,7,11,15H2,1H3. The highest BCUT2D eigenvalue weighted by molar-refractivity contribution is 6.31. The molecule has 0 radical (unpaired) electrons. The van der Waals surface area contributed by atoms with Gasteiger partial charge in [-0.2, -0.15) is 0 Å². The predicted octanol–water partition coefficient (Wildman–Crippen LogP) is 5.78. The van der Waals surface area contributed by atoms with E-state index >= 15 is 0 Å². The molecule has 0 spiro atoms. The summed E-state index contributed by atoms with van der Waals surface area (Å²) >= 11 is 6.21. The average Bonchev–Trinajstić information content (AvgIpc) is 2.59. The molecule has 0 aliphatic rings. The Balaban J connectivity index is 1.59. The highest BCUT2D eigenvalue weighted by Crippen LogP contribution is 2.24. The van der Waals surface area contributed by atoms with Crippen molar-refractivity contribution < 1.29 is 0 Å². The molecule has 2 heteroatoms. The largest absolute Gasteiger partial charge is 0.310 e. The van der Waals surface area contributed by atoms with Crippen molar-refractivity contribution in [3.05, 3.63) is 82.9 Å². The summed E-state index contributed by atoms with van der Waals surface area (Å²) in [5, 5.41) is 7.14. The van der Waals surface area contributed by atoms with Gasteiger partial charge in [0, 0.05) is 11.1 Å². The lowest BCUT2D eigenvalue weighted by Crippen LogP contribution is -2.20. The van der Waals surface area contributed by atoms with Crippen LogP contribution in [-0.4, -0.2) is 6.54 Å². The van der Waals surface area contributed by atoms with Crippen molar-refractivity contribution in [3.8, 4) is 0 Å². The van der Waals surface area contributed by atoms with E-state index in [9.17, 15) is 0 Å². The van der Waals surface area contributed by atoms with Crippen LogP contribution in [0.5, 0.6) is 0 Å². The van der Waals surface area contributed by atoms with Gasteiger partial charge in [-0.15, -0.1) is 0 Å². The van der Waals surface area contributed by atoms with E-state index in [0.29, 0.717) is 6.04 Å². The first kappa shape index (κ1) is 16.0. The maximum Gasteiger partial charge on any atom is 0.0437 e. The van der Waals surface area contributed by atoms with E-state index in [4.69, 9.17) is 11.6 Å². The van der Waals surface area contributed by atoms with E-state index in [2.05, 4.69) is 60.8 Å². The Labute approximate surface area is 143 Å². The maximum absolute atomic E-state index is 6.21. The van der Waals surface area contributed by atoms with Crippen LogP contribution >= 0.6 is 11.6 Å². The molecule has 3 aromatic rings. The monoisotopic (exact) mass is 323 g/mol. The molecule has 0 amide bonds. The van der Waals surface area contributed by atoms with Gasteiger partial charge in [0.25, 0.3) is 0 Å². The van der Waals surface area contributed by atoms with Gasteiger partial charge in [0.05, 0.1) is 0 Å². The third-order valence-corrected chi connectivity index (χ3v) is 4.69. The fourth-order valence-electron chi connectivity index (χ4n) is 3.04. The van der Waals surface area contributed by atoms with Crippen LogP contribution in [0.4, 0.5) is 0 Å². The van der Waals surface area contributed by atoms with Crippen LogP contribution in [0.2, 0.25) is 5.02 Å². The molecule has 1 nitrogen and oxygen atoms in total. The van der Waals surface area contributed by atoms with Crippen molar-refractivity contribution in [2.45, 2.75) is 25.8 Å². The van der Waals surface area contributed by atoms with Gasteiger partial charge < -0.3 is 5.32 Å². The van der Waals surface area contributed by atoms with Crippen LogP contribution in [0.1, 0.15) is 30.5 Å². The summed E-state index contributed by atoms with van der Waals surface area (Å²) in [5.41, 5.74) is 2.59. The second-order valence-corrected chi connectivity index (χ2v) is 6.35.